The monoisotopic (exact) mass is 213 g/mol. The van der Waals surface area contributed by atoms with E-state index in [-0.39, 0.29) is 0 Å². The van der Waals surface area contributed by atoms with Crippen molar-refractivity contribution in [3.8, 4) is 0 Å². The second kappa shape index (κ2) is 7.66. The maximum Gasteiger partial charge on any atom is 0.0173 e. The summed E-state index contributed by atoms with van der Waals surface area (Å²) in [6.07, 6.45) is 8.14. The van der Waals surface area contributed by atoms with E-state index in [0.29, 0.717) is 0 Å². The van der Waals surface area contributed by atoms with Crippen LogP contribution in [0.1, 0.15) is 5.56 Å². The van der Waals surface area contributed by atoms with E-state index in [1.54, 1.807) is 0 Å². The summed E-state index contributed by atoms with van der Waals surface area (Å²) in [5, 5.41) is 0. The van der Waals surface area contributed by atoms with Crippen molar-refractivity contribution in [2.24, 2.45) is 0 Å². The van der Waals surface area contributed by atoms with E-state index in [1.165, 1.54) is 5.56 Å². The highest BCUT2D eigenvalue weighted by Gasteiger charge is 1.95. The zero-order valence-corrected chi connectivity index (χ0v) is 9.68. The van der Waals surface area contributed by atoms with Gasteiger partial charge in [0, 0.05) is 19.6 Å². The molecule has 0 bridgehead atoms. The molecule has 1 aromatic rings. The van der Waals surface area contributed by atoms with Crippen molar-refractivity contribution in [1.82, 2.24) is 4.90 Å². The molecule has 1 aromatic carbocycles. The lowest BCUT2D eigenvalue weighted by Gasteiger charge is -2.15. The molecule has 0 fully saturated rings. The maximum atomic E-state index is 3.75. The van der Waals surface area contributed by atoms with Crippen molar-refractivity contribution in [2.45, 2.75) is 0 Å². The van der Waals surface area contributed by atoms with E-state index < -0.39 is 0 Å². The minimum absolute atomic E-state index is 0.894. The molecule has 0 unspecified atom stereocenters. The van der Waals surface area contributed by atoms with Gasteiger partial charge in [0.2, 0.25) is 0 Å². The lowest BCUT2D eigenvalue weighted by molar-refractivity contribution is 0.373. The smallest absolute Gasteiger partial charge is 0.0173 e. The van der Waals surface area contributed by atoms with Gasteiger partial charge in [-0.3, -0.25) is 4.90 Å². The van der Waals surface area contributed by atoms with Crippen LogP contribution in [0.25, 0.3) is 6.08 Å². The standard InChI is InChI=1S/C15H19N/c1-3-12-16(13-4-2)14-8-11-15-9-6-5-7-10-15/h3-11H,1-2,12-14H2. The van der Waals surface area contributed by atoms with Gasteiger partial charge in [-0.05, 0) is 5.56 Å². The van der Waals surface area contributed by atoms with E-state index in [0.717, 1.165) is 19.6 Å². The molecule has 0 saturated carbocycles. The molecule has 0 aromatic heterocycles. The fourth-order valence-electron chi connectivity index (χ4n) is 1.49. The Bertz CT molecular complexity index is 328. The highest BCUT2D eigenvalue weighted by Crippen LogP contribution is 2.01. The number of nitrogens with zero attached hydrogens (tertiary/aromatic N) is 1. The number of hydrogen-bond acceptors (Lipinski definition) is 1. The summed E-state index contributed by atoms with van der Waals surface area (Å²) in [6, 6.07) is 10.3. The summed E-state index contributed by atoms with van der Waals surface area (Å²) in [6.45, 7) is 10.2. The molecule has 0 N–H and O–H groups in total. The van der Waals surface area contributed by atoms with Gasteiger partial charge in [0.25, 0.3) is 0 Å². The van der Waals surface area contributed by atoms with Crippen molar-refractivity contribution in [3.05, 3.63) is 67.3 Å². The molecule has 0 amide bonds. The van der Waals surface area contributed by atoms with E-state index in [2.05, 4.69) is 42.3 Å². The van der Waals surface area contributed by atoms with Crippen LogP contribution in [-0.2, 0) is 0 Å². The van der Waals surface area contributed by atoms with Crippen LogP contribution in [0.3, 0.4) is 0 Å². The van der Waals surface area contributed by atoms with Crippen LogP contribution in [0.2, 0.25) is 0 Å². The van der Waals surface area contributed by atoms with Crippen LogP contribution >= 0.6 is 0 Å². The molecule has 1 heteroatoms. The third kappa shape index (κ3) is 4.76. The Kier molecular flexibility index (Phi) is 5.97. The largest absolute Gasteiger partial charge is 0.292 e. The Morgan fingerprint density at radius 3 is 2.12 bits per heavy atom. The number of benzene rings is 1. The summed E-state index contributed by atoms with van der Waals surface area (Å²) >= 11 is 0. The molecule has 0 heterocycles. The van der Waals surface area contributed by atoms with Crippen LogP contribution in [0, 0.1) is 0 Å². The summed E-state index contributed by atoms with van der Waals surface area (Å²) in [7, 11) is 0. The quantitative estimate of drug-likeness (QED) is 0.628. The molecule has 0 aliphatic heterocycles. The predicted octanol–water partition coefficient (Wildman–Crippen LogP) is 3.37. The first kappa shape index (κ1) is 12.5. The van der Waals surface area contributed by atoms with Gasteiger partial charge < -0.3 is 0 Å². The van der Waals surface area contributed by atoms with Gasteiger partial charge in [0.1, 0.15) is 0 Å². The minimum atomic E-state index is 0.894. The molecular formula is C15H19N. The summed E-state index contributed by atoms with van der Waals surface area (Å²) in [4.78, 5) is 2.26. The predicted molar refractivity (Wildman–Crippen MR) is 72.3 cm³/mol. The van der Waals surface area contributed by atoms with Gasteiger partial charge in [0.05, 0.1) is 0 Å². The van der Waals surface area contributed by atoms with Crippen LogP contribution in [0.5, 0.6) is 0 Å². The topological polar surface area (TPSA) is 3.24 Å². The fraction of sp³-hybridized carbons (Fsp3) is 0.200. The van der Waals surface area contributed by atoms with Crippen LogP contribution in [0.4, 0.5) is 0 Å². The Balaban J connectivity index is 2.44. The first-order valence-electron chi connectivity index (χ1n) is 5.52. The zero-order valence-electron chi connectivity index (χ0n) is 9.68. The van der Waals surface area contributed by atoms with Crippen molar-refractivity contribution in [1.29, 1.82) is 0 Å². The fourth-order valence-corrected chi connectivity index (χ4v) is 1.49. The van der Waals surface area contributed by atoms with E-state index in [9.17, 15) is 0 Å². The molecule has 1 nitrogen and oxygen atoms in total. The van der Waals surface area contributed by atoms with Crippen LogP contribution in [-0.4, -0.2) is 24.5 Å². The molecule has 0 aliphatic carbocycles. The average molecular weight is 213 g/mol. The number of hydrogen-bond donors (Lipinski definition) is 0. The Hall–Kier alpha value is -1.60. The zero-order chi connectivity index (χ0) is 11.6. The van der Waals surface area contributed by atoms with Gasteiger partial charge in [-0.1, -0.05) is 54.6 Å². The van der Waals surface area contributed by atoms with Gasteiger partial charge in [-0.2, -0.15) is 0 Å². The highest BCUT2D eigenvalue weighted by molar-refractivity contribution is 5.48. The van der Waals surface area contributed by atoms with Crippen molar-refractivity contribution in [2.75, 3.05) is 19.6 Å². The van der Waals surface area contributed by atoms with Crippen molar-refractivity contribution >= 4 is 6.08 Å². The van der Waals surface area contributed by atoms with Crippen molar-refractivity contribution in [3.63, 3.8) is 0 Å². The molecule has 0 atom stereocenters. The molecular weight excluding hydrogens is 194 g/mol. The lowest BCUT2D eigenvalue weighted by Crippen LogP contribution is -2.23. The summed E-state index contributed by atoms with van der Waals surface area (Å²) < 4.78 is 0. The molecule has 0 saturated heterocycles. The molecule has 0 spiro atoms. The van der Waals surface area contributed by atoms with Crippen LogP contribution < -0.4 is 0 Å². The summed E-state index contributed by atoms with van der Waals surface area (Å²) in [5.74, 6) is 0. The van der Waals surface area contributed by atoms with E-state index in [1.807, 2.05) is 30.4 Å². The van der Waals surface area contributed by atoms with Gasteiger partial charge in [-0.15, -0.1) is 13.2 Å². The van der Waals surface area contributed by atoms with Gasteiger partial charge in [0.15, 0.2) is 0 Å². The van der Waals surface area contributed by atoms with E-state index >= 15 is 0 Å². The molecule has 0 aliphatic rings. The molecule has 16 heavy (non-hydrogen) atoms. The average Bonchev–Trinajstić information content (AvgIpc) is 2.31. The number of rotatable bonds is 7. The second-order valence-corrected chi connectivity index (χ2v) is 3.61. The Morgan fingerprint density at radius 2 is 1.56 bits per heavy atom. The molecule has 0 radical (unpaired) electrons. The lowest BCUT2D eigenvalue weighted by atomic mass is 10.2. The Morgan fingerprint density at radius 1 is 0.938 bits per heavy atom. The first-order valence-corrected chi connectivity index (χ1v) is 5.52. The van der Waals surface area contributed by atoms with Gasteiger partial charge in [-0.25, -0.2) is 0 Å². The maximum absolute atomic E-state index is 3.75. The highest BCUT2D eigenvalue weighted by atomic mass is 15.1. The molecule has 84 valence electrons. The first-order chi connectivity index (χ1) is 7.86. The SMILES string of the molecule is C=CCN(CC=C)CC=Cc1ccccc1. The Labute approximate surface area is 98.4 Å². The third-order valence-electron chi connectivity index (χ3n) is 2.25. The van der Waals surface area contributed by atoms with Crippen molar-refractivity contribution < 1.29 is 0 Å². The van der Waals surface area contributed by atoms with E-state index in [4.69, 9.17) is 0 Å². The summed E-state index contributed by atoms with van der Waals surface area (Å²) in [5.41, 5.74) is 1.24. The third-order valence-corrected chi connectivity index (χ3v) is 2.25. The van der Waals surface area contributed by atoms with Gasteiger partial charge >= 0.3 is 0 Å². The second-order valence-electron chi connectivity index (χ2n) is 3.61. The normalized spacial score (nSPS) is 10.8. The molecule has 1 rings (SSSR count). The minimum Gasteiger partial charge on any atom is -0.292 e. The van der Waals surface area contributed by atoms with Crippen LogP contribution in [0.15, 0.2) is 61.7 Å².